The number of aromatic nitrogens is 2. The molecule has 3 rings (SSSR count). The number of hydrogen-bond acceptors (Lipinski definition) is 6. The lowest BCUT2D eigenvalue weighted by atomic mass is 9.96. The minimum atomic E-state index is -0.264. The predicted octanol–water partition coefficient (Wildman–Crippen LogP) is 3.14. The van der Waals surface area contributed by atoms with Crippen molar-refractivity contribution in [1.29, 1.82) is 0 Å². The topological polar surface area (TPSA) is 67.3 Å². The third-order valence-electron chi connectivity index (χ3n) is 4.66. The Bertz CT molecular complexity index is 767. The van der Waals surface area contributed by atoms with Crippen LogP contribution in [0, 0.1) is 11.7 Å². The molecule has 1 fully saturated rings. The largest absolute Gasteiger partial charge is 0.385 e. The molecule has 28 heavy (non-hydrogen) atoms. The molecule has 6 nitrogen and oxygen atoms in total. The normalized spacial score (nSPS) is 14.9. The summed E-state index contributed by atoms with van der Waals surface area (Å²) in [5.41, 5.74) is 0. The van der Waals surface area contributed by atoms with E-state index in [1.165, 1.54) is 23.9 Å². The molecule has 1 aromatic heterocycles. The number of halogens is 1. The number of amides is 1. The van der Waals surface area contributed by atoms with Crippen LogP contribution >= 0.6 is 11.8 Å². The van der Waals surface area contributed by atoms with E-state index in [2.05, 4.69) is 20.4 Å². The van der Waals surface area contributed by atoms with E-state index in [0.29, 0.717) is 13.2 Å². The second-order valence-corrected chi connectivity index (χ2v) is 7.78. The summed E-state index contributed by atoms with van der Waals surface area (Å²) in [7, 11) is 1.66. The number of rotatable bonds is 8. The molecule has 0 atom stereocenters. The summed E-state index contributed by atoms with van der Waals surface area (Å²) in [6.45, 7) is 2.87. The minimum absolute atomic E-state index is 0.0505. The zero-order valence-electron chi connectivity index (χ0n) is 15.9. The molecule has 1 aromatic carbocycles. The Hall–Kier alpha value is -2.19. The predicted molar refractivity (Wildman–Crippen MR) is 107 cm³/mol. The van der Waals surface area contributed by atoms with Crippen LogP contribution in [0.25, 0.3) is 0 Å². The van der Waals surface area contributed by atoms with Crippen molar-refractivity contribution in [1.82, 2.24) is 15.5 Å². The standard InChI is InChI=1S/C20H25FN4O2S/c1-27-13-3-10-22-20(26)15-8-11-25(12-9-15)18-6-7-19(24-23-18)28-17-5-2-4-16(21)14-17/h2,4-7,14-15H,3,8-13H2,1H3,(H,22,26). The Balaban J connectivity index is 1.47. The minimum Gasteiger partial charge on any atom is -0.385 e. The Kier molecular flexibility index (Phi) is 7.62. The van der Waals surface area contributed by atoms with E-state index in [4.69, 9.17) is 4.74 Å². The maximum Gasteiger partial charge on any atom is 0.223 e. The van der Waals surface area contributed by atoms with Gasteiger partial charge in [0.25, 0.3) is 0 Å². The van der Waals surface area contributed by atoms with Crippen molar-refractivity contribution in [3.8, 4) is 0 Å². The first kappa shape index (κ1) is 20.5. The fraction of sp³-hybridized carbons (Fsp3) is 0.450. The molecule has 1 saturated heterocycles. The van der Waals surface area contributed by atoms with Gasteiger partial charge in [0.2, 0.25) is 5.91 Å². The second kappa shape index (κ2) is 10.4. The van der Waals surface area contributed by atoms with Gasteiger partial charge in [-0.15, -0.1) is 10.2 Å². The van der Waals surface area contributed by atoms with E-state index in [-0.39, 0.29) is 17.6 Å². The van der Waals surface area contributed by atoms with Crippen molar-refractivity contribution in [2.75, 3.05) is 38.3 Å². The molecule has 1 aliphatic rings. The van der Waals surface area contributed by atoms with Crippen molar-refractivity contribution in [3.05, 3.63) is 42.2 Å². The summed E-state index contributed by atoms with van der Waals surface area (Å²) in [5.74, 6) is 0.723. The first-order chi connectivity index (χ1) is 13.7. The van der Waals surface area contributed by atoms with Crippen LogP contribution in [0.5, 0.6) is 0 Å². The zero-order valence-corrected chi connectivity index (χ0v) is 16.8. The number of anilines is 1. The molecular weight excluding hydrogens is 379 g/mol. The van der Waals surface area contributed by atoms with Crippen LogP contribution in [0.15, 0.2) is 46.3 Å². The molecule has 1 aliphatic heterocycles. The molecule has 0 spiro atoms. The first-order valence-electron chi connectivity index (χ1n) is 9.44. The van der Waals surface area contributed by atoms with Gasteiger partial charge >= 0.3 is 0 Å². The molecule has 0 radical (unpaired) electrons. The highest BCUT2D eigenvalue weighted by atomic mass is 32.2. The van der Waals surface area contributed by atoms with Crippen LogP contribution in [0.4, 0.5) is 10.2 Å². The SMILES string of the molecule is COCCCNC(=O)C1CCN(c2ccc(Sc3cccc(F)c3)nn2)CC1. The van der Waals surface area contributed by atoms with Gasteiger partial charge in [-0.1, -0.05) is 17.8 Å². The highest BCUT2D eigenvalue weighted by molar-refractivity contribution is 7.99. The smallest absolute Gasteiger partial charge is 0.223 e. The van der Waals surface area contributed by atoms with E-state index < -0.39 is 0 Å². The average Bonchev–Trinajstić information content (AvgIpc) is 2.72. The maximum atomic E-state index is 13.3. The van der Waals surface area contributed by atoms with Gasteiger partial charge in [-0.25, -0.2) is 4.39 Å². The highest BCUT2D eigenvalue weighted by Crippen LogP contribution is 2.27. The zero-order chi connectivity index (χ0) is 19.8. The Morgan fingerprint density at radius 2 is 2.11 bits per heavy atom. The van der Waals surface area contributed by atoms with Crippen LogP contribution in [-0.4, -0.2) is 49.5 Å². The molecule has 8 heteroatoms. The molecule has 2 aromatic rings. The summed E-state index contributed by atoms with van der Waals surface area (Å²) >= 11 is 1.38. The van der Waals surface area contributed by atoms with E-state index in [0.717, 1.165) is 48.1 Å². The van der Waals surface area contributed by atoms with Crippen molar-refractivity contribution in [3.63, 3.8) is 0 Å². The van der Waals surface area contributed by atoms with Gasteiger partial charge in [0.1, 0.15) is 10.8 Å². The second-order valence-electron chi connectivity index (χ2n) is 6.69. The fourth-order valence-electron chi connectivity index (χ4n) is 3.13. The van der Waals surface area contributed by atoms with Gasteiger partial charge in [-0.05, 0) is 49.6 Å². The molecule has 0 unspecified atom stereocenters. The summed E-state index contributed by atoms with van der Waals surface area (Å²) in [6, 6.07) is 10.2. The number of nitrogens with zero attached hydrogens (tertiary/aromatic N) is 3. The molecule has 1 amide bonds. The van der Waals surface area contributed by atoms with Crippen LogP contribution < -0.4 is 10.2 Å². The Labute approximate surface area is 168 Å². The van der Waals surface area contributed by atoms with Crippen LogP contribution in [-0.2, 0) is 9.53 Å². The number of piperidine rings is 1. The quantitative estimate of drug-likeness (QED) is 0.682. The average molecular weight is 405 g/mol. The number of ether oxygens (including phenoxy) is 1. The number of hydrogen-bond donors (Lipinski definition) is 1. The van der Waals surface area contributed by atoms with E-state index >= 15 is 0 Å². The lowest BCUT2D eigenvalue weighted by Crippen LogP contribution is -2.41. The number of nitrogens with one attached hydrogen (secondary N) is 1. The molecule has 0 aliphatic carbocycles. The summed E-state index contributed by atoms with van der Waals surface area (Å²) < 4.78 is 18.3. The van der Waals surface area contributed by atoms with Crippen molar-refractivity contribution in [2.45, 2.75) is 29.2 Å². The van der Waals surface area contributed by atoms with Gasteiger partial charge < -0.3 is 15.0 Å². The van der Waals surface area contributed by atoms with Crippen molar-refractivity contribution < 1.29 is 13.9 Å². The Morgan fingerprint density at radius 1 is 1.29 bits per heavy atom. The van der Waals surface area contributed by atoms with Crippen molar-refractivity contribution >= 4 is 23.5 Å². The van der Waals surface area contributed by atoms with E-state index in [1.807, 2.05) is 18.2 Å². The number of carbonyl (C=O) groups is 1. The lowest BCUT2D eigenvalue weighted by molar-refractivity contribution is -0.125. The monoisotopic (exact) mass is 404 g/mol. The number of methoxy groups -OCH3 is 1. The van der Waals surface area contributed by atoms with Crippen LogP contribution in [0.1, 0.15) is 19.3 Å². The highest BCUT2D eigenvalue weighted by Gasteiger charge is 2.25. The lowest BCUT2D eigenvalue weighted by Gasteiger charge is -2.31. The third kappa shape index (κ3) is 5.90. The van der Waals surface area contributed by atoms with E-state index in [1.54, 1.807) is 13.2 Å². The third-order valence-corrected chi connectivity index (χ3v) is 5.58. The molecule has 0 saturated carbocycles. The van der Waals surface area contributed by atoms with Gasteiger partial charge in [0.05, 0.1) is 0 Å². The molecule has 0 bridgehead atoms. The van der Waals surface area contributed by atoms with Gasteiger partial charge in [-0.3, -0.25) is 4.79 Å². The Morgan fingerprint density at radius 3 is 2.79 bits per heavy atom. The molecular formula is C20H25FN4O2S. The van der Waals surface area contributed by atoms with Crippen molar-refractivity contribution in [2.24, 2.45) is 5.92 Å². The summed E-state index contributed by atoms with van der Waals surface area (Å²) in [5, 5.41) is 12.3. The van der Waals surface area contributed by atoms with Gasteiger partial charge in [0, 0.05) is 44.2 Å². The summed E-state index contributed by atoms with van der Waals surface area (Å²) in [6.07, 6.45) is 2.44. The fourth-order valence-corrected chi connectivity index (χ4v) is 3.91. The molecule has 150 valence electrons. The molecule has 1 N–H and O–H groups in total. The summed E-state index contributed by atoms with van der Waals surface area (Å²) in [4.78, 5) is 15.2. The number of carbonyl (C=O) groups excluding carboxylic acids is 1. The van der Waals surface area contributed by atoms with Crippen LogP contribution in [0.3, 0.4) is 0 Å². The molecule has 2 heterocycles. The number of benzene rings is 1. The van der Waals surface area contributed by atoms with Crippen LogP contribution in [0.2, 0.25) is 0 Å². The van der Waals surface area contributed by atoms with Gasteiger partial charge in [-0.2, -0.15) is 0 Å². The van der Waals surface area contributed by atoms with Gasteiger partial charge in [0.15, 0.2) is 5.82 Å². The maximum absolute atomic E-state index is 13.3. The first-order valence-corrected chi connectivity index (χ1v) is 10.3. The van der Waals surface area contributed by atoms with E-state index in [9.17, 15) is 9.18 Å².